The molecule has 0 spiro atoms. The molecule has 16 heavy (non-hydrogen) atoms. The van der Waals surface area contributed by atoms with Gasteiger partial charge in [-0.1, -0.05) is 0 Å². The van der Waals surface area contributed by atoms with Gasteiger partial charge in [0.05, 0.1) is 12.5 Å². The molecule has 0 radical (unpaired) electrons. The monoisotopic (exact) mass is 225 g/mol. The summed E-state index contributed by atoms with van der Waals surface area (Å²) in [6.45, 7) is 7.43. The molecule has 0 aromatic heterocycles. The van der Waals surface area contributed by atoms with E-state index in [4.69, 9.17) is 10.00 Å². The lowest BCUT2D eigenvalue weighted by molar-refractivity contribution is 0.0197. The van der Waals surface area contributed by atoms with Crippen molar-refractivity contribution >= 4 is 6.09 Å². The number of ether oxygens (including phenoxy) is 1. The second-order valence-corrected chi connectivity index (χ2v) is 4.94. The molecule has 0 bridgehead atoms. The molecule has 1 aliphatic heterocycles. The van der Waals surface area contributed by atoms with Crippen molar-refractivity contribution in [3.63, 3.8) is 0 Å². The van der Waals surface area contributed by atoms with Gasteiger partial charge in [0.15, 0.2) is 0 Å². The first-order chi connectivity index (χ1) is 7.42. The predicted molar refractivity (Wildman–Crippen MR) is 59.8 cm³/mol. The summed E-state index contributed by atoms with van der Waals surface area (Å²) in [5, 5.41) is 11.8. The Morgan fingerprint density at radius 2 is 2.31 bits per heavy atom. The van der Waals surface area contributed by atoms with E-state index < -0.39 is 5.60 Å². The smallest absolute Gasteiger partial charge is 0.410 e. The van der Waals surface area contributed by atoms with Gasteiger partial charge in [0, 0.05) is 25.7 Å². The number of rotatable bonds is 1. The van der Waals surface area contributed by atoms with Crippen molar-refractivity contribution in [2.45, 2.75) is 38.8 Å². The van der Waals surface area contributed by atoms with Crippen LogP contribution in [0.25, 0.3) is 0 Å². The Labute approximate surface area is 96.4 Å². The molecular formula is C11H19N3O2. The number of carbonyl (C=O) groups is 1. The highest BCUT2D eigenvalue weighted by molar-refractivity contribution is 5.68. The number of amides is 1. The van der Waals surface area contributed by atoms with Gasteiger partial charge >= 0.3 is 6.09 Å². The van der Waals surface area contributed by atoms with Crippen LogP contribution < -0.4 is 5.32 Å². The van der Waals surface area contributed by atoms with Crippen LogP contribution in [0.2, 0.25) is 0 Å². The number of nitrogens with one attached hydrogen (secondary N) is 1. The first kappa shape index (κ1) is 12.8. The molecule has 1 fully saturated rings. The number of nitrogens with zero attached hydrogens (tertiary/aromatic N) is 2. The van der Waals surface area contributed by atoms with E-state index in [1.54, 1.807) is 4.90 Å². The molecule has 5 nitrogen and oxygen atoms in total. The van der Waals surface area contributed by atoms with E-state index in [0.29, 0.717) is 26.1 Å². The van der Waals surface area contributed by atoms with Gasteiger partial charge in [-0.15, -0.1) is 0 Å². The van der Waals surface area contributed by atoms with E-state index in [9.17, 15) is 4.79 Å². The number of nitriles is 1. The van der Waals surface area contributed by atoms with Crippen LogP contribution >= 0.6 is 0 Å². The molecule has 1 heterocycles. The zero-order chi connectivity index (χ0) is 12.2. The van der Waals surface area contributed by atoms with Gasteiger partial charge in [0.25, 0.3) is 0 Å². The van der Waals surface area contributed by atoms with Gasteiger partial charge < -0.3 is 15.0 Å². The minimum Gasteiger partial charge on any atom is -0.444 e. The Hall–Kier alpha value is -1.28. The van der Waals surface area contributed by atoms with Crippen molar-refractivity contribution in [3.8, 4) is 6.07 Å². The molecular weight excluding hydrogens is 206 g/mol. The minimum absolute atomic E-state index is 0.0614. The molecule has 0 aromatic carbocycles. The summed E-state index contributed by atoms with van der Waals surface area (Å²) in [6.07, 6.45) is 0.121. The van der Waals surface area contributed by atoms with Crippen LogP contribution in [0.4, 0.5) is 4.79 Å². The molecule has 90 valence electrons. The summed E-state index contributed by atoms with van der Waals surface area (Å²) in [5.41, 5.74) is -0.466. The number of carbonyl (C=O) groups excluding carboxylic acids is 1. The number of hydrogen-bond acceptors (Lipinski definition) is 4. The molecule has 1 amide bonds. The van der Waals surface area contributed by atoms with Crippen LogP contribution in [0, 0.1) is 11.3 Å². The first-order valence-corrected chi connectivity index (χ1v) is 5.50. The van der Waals surface area contributed by atoms with Gasteiger partial charge in [-0.2, -0.15) is 5.26 Å². The second-order valence-electron chi connectivity index (χ2n) is 4.94. The Kier molecular flexibility index (Phi) is 4.13. The Balaban J connectivity index is 2.48. The molecule has 0 aliphatic carbocycles. The number of hydrogen-bond donors (Lipinski definition) is 1. The topological polar surface area (TPSA) is 65.4 Å². The van der Waals surface area contributed by atoms with Crippen LogP contribution in [-0.2, 0) is 4.74 Å². The van der Waals surface area contributed by atoms with Gasteiger partial charge in [-0.25, -0.2) is 4.79 Å². The molecule has 1 atom stereocenters. The normalized spacial score (nSPS) is 21.4. The lowest BCUT2D eigenvalue weighted by Crippen LogP contribution is -2.53. The summed E-state index contributed by atoms with van der Waals surface area (Å²) in [4.78, 5) is 13.4. The number of piperazine rings is 1. The summed E-state index contributed by atoms with van der Waals surface area (Å²) < 4.78 is 5.28. The zero-order valence-electron chi connectivity index (χ0n) is 10.1. The predicted octanol–water partition coefficient (Wildman–Crippen LogP) is 1.11. The van der Waals surface area contributed by atoms with Crippen LogP contribution in [0.1, 0.15) is 27.2 Å². The quantitative estimate of drug-likeness (QED) is 0.726. The maximum Gasteiger partial charge on any atom is 0.410 e. The first-order valence-electron chi connectivity index (χ1n) is 5.50. The standard InChI is InChI=1S/C11H19N3O2/c1-11(2,3)16-10(15)14-7-6-13-9(8-14)4-5-12/h9,13H,4,6-8H2,1-3H3/t9-/m1/s1. The third-order valence-corrected chi connectivity index (χ3v) is 2.24. The fraction of sp³-hybridized carbons (Fsp3) is 0.818. The van der Waals surface area contributed by atoms with Crippen molar-refractivity contribution in [1.29, 1.82) is 5.26 Å². The molecule has 5 heteroatoms. The van der Waals surface area contributed by atoms with Crippen molar-refractivity contribution in [3.05, 3.63) is 0 Å². The fourth-order valence-corrected chi connectivity index (χ4v) is 1.56. The molecule has 0 aromatic rings. The van der Waals surface area contributed by atoms with Crippen molar-refractivity contribution in [1.82, 2.24) is 10.2 Å². The molecule has 1 rings (SSSR count). The summed E-state index contributed by atoms with van der Waals surface area (Å²) >= 11 is 0. The van der Waals surface area contributed by atoms with Gasteiger partial charge in [-0.05, 0) is 20.8 Å². The van der Waals surface area contributed by atoms with Crippen LogP contribution in [0.3, 0.4) is 0 Å². The van der Waals surface area contributed by atoms with Crippen molar-refractivity contribution in [2.24, 2.45) is 0 Å². The zero-order valence-corrected chi connectivity index (χ0v) is 10.1. The van der Waals surface area contributed by atoms with E-state index in [2.05, 4.69) is 11.4 Å². The maximum absolute atomic E-state index is 11.8. The highest BCUT2D eigenvalue weighted by atomic mass is 16.6. The molecule has 1 aliphatic rings. The van der Waals surface area contributed by atoms with Gasteiger partial charge in [0.2, 0.25) is 0 Å². The summed E-state index contributed by atoms with van der Waals surface area (Å²) in [6, 6.07) is 2.17. The largest absolute Gasteiger partial charge is 0.444 e. The summed E-state index contributed by atoms with van der Waals surface area (Å²) in [7, 11) is 0. The van der Waals surface area contributed by atoms with Crippen LogP contribution in [0.15, 0.2) is 0 Å². The lowest BCUT2D eigenvalue weighted by Gasteiger charge is -2.34. The van der Waals surface area contributed by atoms with E-state index >= 15 is 0 Å². The SMILES string of the molecule is CC(C)(C)OC(=O)N1CCN[C@H](CC#N)C1. The van der Waals surface area contributed by atoms with E-state index in [0.717, 1.165) is 0 Å². The highest BCUT2D eigenvalue weighted by Gasteiger charge is 2.26. The second kappa shape index (κ2) is 5.17. The van der Waals surface area contributed by atoms with Crippen LogP contribution in [-0.4, -0.2) is 42.3 Å². The molecule has 1 saturated heterocycles. The molecule has 1 N–H and O–H groups in total. The van der Waals surface area contributed by atoms with E-state index in [-0.39, 0.29) is 12.1 Å². The lowest BCUT2D eigenvalue weighted by atomic mass is 10.1. The van der Waals surface area contributed by atoms with E-state index in [1.165, 1.54) is 0 Å². The Bertz CT molecular complexity index is 291. The van der Waals surface area contributed by atoms with Gasteiger partial charge in [-0.3, -0.25) is 0 Å². The Morgan fingerprint density at radius 1 is 1.62 bits per heavy atom. The fourth-order valence-electron chi connectivity index (χ4n) is 1.56. The minimum atomic E-state index is -0.466. The van der Waals surface area contributed by atoms with Crippen molar-refractivity contribution in [2.75, 3.05) is 19.6 Å². The molecule has 0 saturated carbocycles. The van der Waals surface area contributed by atoms with Crippen LogP contribution in [0.5, 0.6) is 0 Å². The molecule has 0 unspecified atom stereocenters. The average molecular weight is 225 g/mol. The average Bonchev–Trinajstić information content (AvgIpc) is 2.16. The highest BCUT2D eigenvalue weighted by Crippen LogP contribution is 2.11. The Morgan fingerprint density at radius 3 is 2.88 bits per heavy atom. The third-order valence-electron chi connectivity index (χ3n) is 2.24. The van der Waals surface area contributed by atoms with Crippen molar-refractivity contribution < 1.29 is 9.53 Å². The van der Waals surface area contributed by atoms with E-state index in [1.807, 2.05) is 20.8 Å². The summed E-state index contributed by atoms with van der Waals surface area (Å²) in [5.74, 6) is 0. The third kappa shape index (κ3) is 4.07. The maximum atomic E-state index is 11.8. The van der Waals surface area contributed by atoms with Gasteiger partial charge in [0.1, 0.15) is 5.60 Å².